The topological polar surface area (TPSA) is 15.7 Å². The van der Waals surface area contributed by atoms with Gasteiger partial charge in [-0.15, -0.1) is 0 Å². The van der Waals surface area contributed by atoms with Crippen molar-refractivity contribution in [3.8, 4) is 0 Å². The minimum Gasteiger partial charge on any atom is -0.379 e. The quantitative estimate of drug-likeness (QED) is 0.791. The molecule has 0 radical (unpaired) electrons. The standard InChI is InChI=1S/C15H24N2O/c1-14(17-8-10-18-11-9-17)12-16(2)13-15-6-4-3-5-7-15/h3-7,14H,8-13H2,1-2H3/t14-/m0/s1. The second-order valence-electron chi connectivity index (χ2n) is 5.18. The van der Waals surface area contributed by atoms with Gasteiger partial charge in [-0.2, -0.15) is 0 Å². The van der Waals surface area contributed by atoms with Crippen LogP contribution in [0.1, 0.15) is 12.5 Å². The highest BCUT2D eigenvalue weighted by Gasteiger charge is 2.18. The largest absolute Gasteiger partial charge is 0.379 e. The van der Waals surface area contributed by atoms with E-state index in [2.05, 4.69) is 54.1 Å². The minimum absolute atomic E-state index is 0.600. The third-order valence-electron chi connectivity index (χ3n) is 3.54. The van der Waals surface area contributed by atoms with Gasteiger partial charge in [0.1, 0.15) is 0 Å². The molecule has 1 atom stereocenters. The van der Waals surface area contributed by atoms with Crippen LogP contribution in [0.4, 0.5) is 0 Å². The SMILES string of the molecule is C[C@@H](CN(C)Cc1ccccc1)N1CCOCC1. The lowest BCUT2D eigenvalue weighted by Crippen LogP contribution is -2.46. The van der Waals surface area contributed by atoms with Crippen LogP contribution >= 0.6 is 0 Å². The average molecular weight is 248 g/mol. The van der Waals surface area contributed by atoms with Gasteiger partial charge >= 0.3 is 0 Å². The summed E-state index contributed by atoms with van der Waals surface area (Å²) < 4.78 is 5.40. The average Bonchev–Trinajstić information content (AvgIpc) is 2.40. The summed E-state index contributed by atoms with van der Waals surface area (Å²) in [5.41, 5.74) is 1.38. The predicted octanol–water partition coefficient (Wildman–Crippen LogP) is 1.84. The van der Waals surface area contributed by atoms with Crippen LogP contribution < -0.4 is 0 Å². The molecule has 1 heterocycles. The molecule has 3 nitrogen and oxygen atoms in total. The van der Waals surface area contributed by atoms with Crippen molar-refractivity contribution in [2.45, 2.75) is 19.5 Å². The minimum atomic E-state index is 0.600. The molecule has 0 spiro atoms. The van der Waals surface area contributed by atoms with Gasteiger partial charge in [-0.3, -0.25) is 4.90 Å². The summed E-state index contributed by atoms with van der Waals surface area (Å²) in [5, 5.41) is 0. The Bertz CT molecular complexity index is 336. The van der Waals surface area contributed by atoms with Crippen LogP contribution in [-0.2, 0) is 11.3 Å². The number of benzene rings is 1. The molecule has 2 rings (SSSR count). The molecule has 1 saturated heterocycles. The highest BCUT2D eigenvalue weighted by molar-refractivity contribution is 5.14. The first kappa shape index (κ1) is 13.5. The molecule has 0 amide bonds. The molecule has 0 N–H and O–H groups in total. The fourth-order valence-corrected chi connectivity index (χ4v) is 2.54. The Kier molecular flexibility index (Phi) is 5.17. The van der Waals surface area contributed by atoms with Crippen molar-refractivity contribution in [1.82, 2.24) is 9.80 Å². The maximum Gasteiger partial charge on any atom is 0.0594 e. The van der Waals surface area contributed by atoms with Crippen molar-refractivity contribution in [3.63, 3.8) is 0 Å². The summed E-state index contributed by atoms with van der Waals surface area (Å²) in [4.78, 5) is 4.92. The van der Waals surface area contributed by atoms with E-state index in [9.17, 15) is 0 Å². The lowest BCUT2D eigenvalue weighted by atomic mass is 10.2. The van der Waals surface area contributed by atoms with E-state index < -0.39 is 0 Å². The number of morpholine rings is 1. The second kappa shape index (κ2) is 6.88. The first-order chi connectivity index (χ1) is 8.75. The number of hydrogen-bond acceptors (Lipinski definition) is 3. The summed E-state index contributed by atoms with van der Waals surface area (Å²) >= 11 is 0. The Labute approximate surface area is 110 Å². The van der Waals surface area contributed by atoms with E-state index in [1.807, 2.05) is 0 Å². The molecule has 1 aliphatic heterocycles. The molecule has 0 aliphatic carbocycles. The van der Waals surface area contributed by atoms with Crippen molar-refractivity contribution < 1.29 is 4.74 Å². The molecule has 1 aliphatic rings. The number of nitrogens with zero attached hydrogens (tertiary/aromatic N) is 2. The van der Waals surface area contributed by atoms with E-state index in [-0.39, 0.29) is 0 Å². The van der Waals surface area contributed by atoms with Crippen LogP contribution in [0.15, 0.2) is 30.3 Å². The molecule has 1 aromatic rings. The first-order valence-corrected chi connectivity index (χ1v) is 6.80. The van der Waals surface area contributed by atoms with Gasteiger partial charge in [0.05, 0.1) is 13.2 Å². The summed E-state index contributed by atoms with van der Waals surface area (Å²) in [7, 11) is 2.20. The van der Waals surface area contributed by atoms with E-state index in [1.54, 1.807) is 0 Å². The number of ether oxygens (including phenoxy) is 1. The highest BCUT2D eigenvalue weighted by atomic mass is 16.5. The molecular formula is C15H24N2O. The van der Waals surface area contributed by atoms with Gasteiger partial charge < -0.3 is 9.64 Å². The molecule has 1 fully saturated rings. The maximum atomic E-state index is 5.40. The van der Waals surface area contributed by atoms with E-state index in [1.165, 1.54) is 5.56 Å². The number of rotatable bonds is 5. The van der Waals surface area contributed by atoms with Crippen LogP contribution in [0, 0.1) is 0 Å². The van der Waals surface area contributed by atoms with Crippen molar-refractivity contribution in [1.29, 1.82) is 0 Å². The summed E-state index contributed by atoms with van der Waals surface area (Å²) in [6, 6.07) is 11.3. The number of likely N-dealkylation sites (N-methyl/N-ethyl adjacent to an activating group) is 1. The van der Waals surface area contributed by atoms with Gasteiger partial charge in [-0.1, -0.05) is 30.3 Å². The van der Waals surface area contributed by atoms with Crippen molar-refractivity contribution >= 4 is 0 Å². The molecule has 0 bridgehead atoms. The third-order valence-corrected chi connectivity index (χ3v) is 3.54. The van der Waals surface area contributed by atoms with Crippen molar-refractivity contribution in [2.24, 2.45) is 0 Å². The van der Waals surface area contributed by atoms with Crippen molar-refractivity contribution in [2.75, 3.05) is 39.9 Å². The lowest BCUT2D eigenvalue weighted by molar-refractivity contribution is 0.0137. The first-order valence-electron chi connectivity index (χ1n) is 6.80. The monoisotopic (exact) mass is 248 g/mol. The van der Waals surface area contributed by atoms with Crippen LogP contribution in [0.3, 0.4) is 0 Å². The maximum absolute atomic E-state index is 5.40. The Morgan fingerprint density at radius 1 is 1.22 bits per heavy atom. The second-order valence-corrected chi connectivity index (χ2v) is 5.18. The van der Waals surface area contributed by atoms with E-state index in [4.69, 9.17) is 4.74 Å². The lowest BCUT2D eigenvalue weighted by Gasteiger charge is -2.34. The zero-order chi connectivity index (χ0) is 12.8. The molecular weight excluding hydrogens is 224 g/mol. The third kappa shape index (κ3) is 4.09. The number of hydrogen-bond donors (Lipinski definition) is 0. The smallest absolute Gasteiger partial charge is 0.0594 e. The van der Waals surface area contributed by atoms with E-state index in [0.29, 0.717) is 6.04 Å². The summed E-state index contributed by atoms with van der Waals surface area (Å²) in [5.74, 6) is 0. The van der Waals surface area contributed by atoms with Gasteiger partial charge in [0.15, 0.2) is 0 Å². The van der Waals surface area contributed by atoms with E-state index >= 15 is 0 Å². The normalized spacial score (nSPS) is 19.1. The van der Waals surface area contributed by atoms with Crippen LogP contribution in [0.2, 0.25) is 0 Å². The van der Waals surface area contributed by atoms with Gasteiger partial charge in [0, 0.05) is 32.2 Å². The summed E-state index contributed by atoms with van der Waals surface area (Å²) in [6.45, 7) is 8.34. The Hall–Kier alpha value is -0.900. The predicted molar refractivity (Wildman–Crippen MR) is 74.6 cm³/mol. The molecule has 0 unspecified atom stereocenters. The highest BCUT2D eigenvalue weighted by Crippen LogP contribution is 2.07. The molecule has 1 aromatic carbocycles. The Morgan fingerprint density at radius 3 is 2.56 bits per heavy atom. The van der Waals surface area contributed by atoms with Crippen LogP contribution in [0.5, 0.6) is 0 Å². The summed E-state index contributed by atoms with van der Waals surface area (Å²) in [6.07, 6.45) is 0. The van der Waals surface area contributed by atoms with Gasteiger partial charge in [-0.05, 0) is 19.5 Å². The molecule has 3 heteroatoms. The molecule has 18 heavy (non-hydrogen) atoms. The Balaban J connectivity index is 1.77. The van der Waals surface area contributed by atoms with Crippen LogP contribution in [-0.4, -0.2) is 55.7 Å². The molecule has 0 saturated carbocycles. The zero-order valence-corrected chi connectivity index (χ0v) is 11.5. The van der Waals surface area contributed by atoms with Gasteiger partial charge in [0.2, 0.25) is 0 Å². The van der Waals surface area contributed by atoms with Gasteiger partial charge in [-0.25, -0.2) is 0 Å². The van der Waals surface area contributed by atoms with E-state index in [0.717, 1.165) is 39.4 Å². The van der Waals surface area contributed by atoms with Crippen LogP contribution in [0.25, 0.3) is 0 Å². The molecule has 100 valence electrons. The fourth-order valence-electron chi connectivity index (χ4n) is 2.54. The van der Waals surface area contributed by atoms with Gasteiger partial charge in [0.25, 0.3) is 0 Å². The molecule has 0 aromatic heterocycles. The Morgan fingerprint density at radius 2 is 1.89 bits per heavy atom. The zero-order valence-electron chi connectivity index (χ0n) is 11.5. The van der Waals surface area contributed by atoms with Crippen molar-refractivity contribution in [3.05, 3.63) is 35.9 Å². The fraction of sp³-hybridized carbons (Fsp3) is 0.600.